The van der Waals surface area contributed by atoms with E-state index in [0.29, 0.717) is 12.5 Å². The van der Waals surface area contributed by atoms with Gasteiger partial charge in [-0.1, -0.05) is 13.8 Å². The lowest BCUT2D eigenvalue weighted by molar-refractivity contribution is 0.126. The van der Waals surface area contributed by atoms with Gasteiger partial charge in [0.1, 0.15) is 18.0 Å². The second-order valence-corrected chi connectivity index (χ2v) is 4.19. The Morgan fingerprint density at radius 3 is 2.59 bits per heavy atom. The molecule has 0 aromatic carbocycles. The number of aromatic nitrogens is 2. The average molecular weight is 238 g/mol. The van der Waals surface area contributed by atoms with Crippen molar-refractivity contribution in [2.75, 3.05) is 30.9 Å². The number of rotatable bonds is 7. The van der Waals surface area contributed by atoms with Crippen molar-refractivity contribution in [1.82, 2.24) is 9.97 Å². The van der Waals surface area contributed by atoms with E-state index in [0.717, 1.165) is 18.2 Å². The quantitative estimate of drug-likeness (QED) is 0.760. The van der Waals surface area contributed by atoms with Crippen molar-refractivity contribution in [1.29, 1.82) is 0 Å². The first kappa shape index (κ1) is 13.7. The Labute approximate surface area is 103 Å². The molecule has 0 saturated carbocycles. The van der Waals surface area contributed by atoms with Crippen molar-refractivity contribution in [3.8, 4) is 0 Å². The summed E-state index contributed by atoms with van der Waals surface area (Å²) in [5.41, 5.74) is 0. The SMILES string of the molecule is CCOCC(Nc1cc(NC)ncn1)C(C)C. The summed E-state index contributed by atoms with van der Waals surface area (Å²) in [6.07, 6.45) is 1.55. The Morgan fingerprint density at radius 2 is 2.00 bits per heavy atom. The number of ether oxygens (including phenoxy) is 1. The van der Waals surface area contributed by atoms with Crippen LogP contribution in [0.15, 0.2) is 12.4 Å². The Hall–Kier alpha value is -1.36. The van der Waals surface area contributed by atoms with Crippen LogP contribution in [-0.2, 0) is 4.74 Å². The van der Waals surface area contributed by atoms with Crippen molar-refractivity contribution in [3.63, 3.8) is 0 Å². The molecule has 2 N–H and O–H groups in total. The first-order valence-electron chi connectivity index (χ1n) is 6.01. The highest BCUT2D eigenvalue weighted by Crippen LogP contribution is 2.13. The Morgan fingerprint density at radius 1 is 1.29 bits per heavy atom. The number of hydrogen-bond donors (Lipinski definition) is 2. The molecule has 5 heteroatoms. The van der Waals surface area contributed by atoms with Crippen LogP contribution in [0.25, 0.3) is 0 Å². The average Bonchev–Trinajstić information content (AvgIpc) is 2.34. The van der Waals surface area contributed by atoms with Gasteiger partial charge in [0.05, 0.1) is 12.6 Å². The second kappa shape index (κ2) is 7.06. The molecule has 17 heavy (non-hydrogen) atoms. The molecule has 5 nitrogen and oxygen atoms in total. The molecule has 96 valence electrons. The lowest BCUT2D eigenvalue weighted by Crippen LogP contribution is -2.31. The van der Waals surface area contributed by atoms with Crippen molar-refractivity contribution in [3.05, 3.63) is 12.4 Å². The first-order valence-corrected chi connectivity index (χ1v) is 6.01. The summed E-state index contributed by atoms with van der Waals surface area (Å²) in [5, 5.41) is 6.36. The van der Waals surface area contributed by atoms with Gasteiger partial charge in [-0.15, -0.1) is 0 Å². The van der Waals surface area contributed by atoms with Crippen LogP contribution >= 0.6 is 0 Å². The van der Waals surface area contributed by atoms with Crippen LogP contribution < -0.4 is 10.6 Å². The minimum atomic E-state index is 0.259. The molecule has 0 spiro atoms. The lowest BCUT2D eigenvalue weighted by atomic mass is 10.1. The fraction of sp³-hybridized carbons (Fsp3) is 0.667. The van der Waals surface area contributed by atoms with Crippen LogP contribution in [0.2, 0.25) is 0 Å². The topological polar surface area (TPSA) is 59.1 Å². The highest BCUT2D eigenvalue weighted by molar-refractivity contribution is 5.46. The molecule has 1 heterocycles. The van der Waals surface area contributed by atoms with Gasteiger partial charge in [-0.2, -0.15) is 0 Å². The maximum Gasteiger partial charge on any atom is 0.131 e. The van der Waals surface area contributed by atoms with E-state index in [2.05, 4.69) is 34.4 Å². The minimum absolute atomic E-state index is 0.259. The molecular formula is C12H22N4O. The van der Waals surface area contributed by atoms with E-state index in [1.54, 1.807) is 6.33 Å². The fourth-order valence-electron chi connectivity index (χ4n) is 1.41. The highest BCUT2D eigenvalue weighted by atomic mass is 16.5. The Kier molecular flexibility index (Phi) is 5.69. The third kappa shape index (κ3) is 4.56. The van der Waals surface area contributed by atoms with Gasteiger partial charge in [0.15, 0.2) is 0 Å². The second-order valence-electron chi connectivity index (χ2n) is 4.19. The zero-order valence-electron chi connectivity index (χ0n) is 11.0. The summed E-state index contributed by atoms with van der Waals surface area (Å²) in [6.45, 7) is 7.75. The third-order valence-electron chi connectivity index (χ3n) is 2.56. The summed E-state index contributed by atoms with van der Waals surface area (Å²) < 4.78 is 5.46. The highest BCUT2D eigenvalue weighted by Gasteiger charge is 2.13. The molecule has 0 aliphatic carbocycles. The van der Waals surface area contributed by atoms with Gasteiger partial charge in [0, 0.05) is 19.7 Å². The number of nitrogens with zero attached hydrogens (tertiary/aromatic N) is 2. The van der Waals surface area contributed by atoms with Gasteiger partial charge >= 0.3 is 0 Å². The molecule has 0 saturated heterocycles. The minimum Gasteiger partial charge on any atom is -0.380 e. The molecule has 1 aromatic rings. The van der Waals surface area contributed by atoms with Gasteiger partial charge < -0.3 is 15.4 Å². The molecular weight excluding hydrogens is 216 g/mol. The van der Waals surface area contributed by atoms with E-state index in [1.807, 2.05) is 20.0 Å². The molecule has 1 rings (SSSR count). The molecule has 0 aliphatic rings. The largest absolute Gasteiger partial charge is 0.380 e. The molecule has 1 unspecified atom stereocenters. The van der Waals surface area contributed by atoms with Gasteiger partial charge in [-0.05, 0) is 12.8 Å². The normalized spacial score (nSPS) is 12.5. The molecule has 0 bridgehead atoms. The first-order chi connectivity index (χ1) is 8.17. The molecule has 0 amide bonds. The van der Waals surface area contributed by atoms with Crippen LogP contribution in [0.1, 0.15) is 20.8 Å². The van der Waals surface area contributed by atoms with Crippen LogP contribution in [0.5, 0.6) is 0 Å². The van der Waals surface area contributed by atoms with E-state index in [1.165, 1.54) is 0 Å². The third-order valence-corrected chi connectivity index (χ3v) is 2.56. The van der Waals surface area contributed by atoms with Crippen LogP contribution in [0.4, 0.5) is 11.6 Å². The number of hydrogen-bond acceptors (Lipinski definition) is 5. The summed E-state index contributed by atoms with van der Waals surface area (Å²) in [7, 11) is 1.84. The van der Waals surface area contributed by atoms with Crippen LogP contribution in [0.3, 0.4) is 0 Å². The van der Waals surface area contributed by atoms with Crippen molar-refractivity contribution in [2.24, 2.45) is 5.92 Å². The van der Waals surface area contributed by atoms with E-state index in [-0.39, 0.29) is 6.04 Å². The molecule has 0 fully saturated rings. The smallest absolute Gasteiger partial charge is 0.131 e. The van der Waals surface area contributed by atoms with Gasteiger partial charge in [-0.3, -0.25) is 0 Å². The van der Waals surface area contributed by atoms with Crippen molar-refractivity contribution >= 4 is 11.6 Å². The number of nitrogens with one attached hydrogen (secondary N) is 2. The Bertz CT molecular complexity index is 330. The van der Waals surface area contributed by atoms with Gasteiger partial charge in [0.2, 0.25) is 0 Å². The number of anilines is 2. The summed E-state index contributed by atoms with van der Waals surface area (Å²) >= 11 is 0. The van der Waals surface area contributed by atoms with E-state index >= 15 is 0 Å². The van der Waals surface area contributed by atoms with E-state index in [4.69, 9.17) is 4.74 Å². The summed E-state index contributed by atoms with van der Waals surface area (Å²) in [4.78, 5) is 8.28. The monoisotopic (exact) mass is 238 g/mol. The molecule has 0 aliphatic heterocycles. The predicted octanol–water partition coefficient (Wildman–Crippen LogP) is 1.99. The standard InChI is InChI=1S/C12H22N4O/c1-5-17-7-10(9(2)3)16-12-6-11(13-4)14-8-15-12/h6,8-10H,5,7H2,1-4H3,(H2,13,14,15,16). The summed E-state index contributed by atoms with van der Waals surface area (Å²) in [6, 6.07) is 2.15. The zero-order valence-corrected chi connectivity index (χ0v) is 11.0. The van der Waals surface area contributed by atoms with Gasteiger partial charge in [0.25, 0.3) is 0 Å². The summed E-state index contributed by atoms with van der Waals surface area (Å²) in [5.74, 6) is 2.11. The maximum atomic E-state index is 5.46. The fourth-order valence-corrected chi connectivity index (χ4v) is 1.41. The van der Waals surface area contributed by atoms with E-state index < -0.39 is 0 Å². The van der Waals surface area contributed by atoms with Crippen LogP contribution in [-0.4, -0.2) is 36.3 Å². The molecule has 1 atom stereocenters. The maximum absolute atomic E-state index is 5.46. The van der Waals surface area contributed by atoms with Crippen molar-refractivity contribution < 1.29 is 4.74 Å². The van der Waals surface area contributed by atoms with Crippen LogP contribution in [0, 0.1) is 5.92 Å². The lowest BCUT2D eigenvalue weighted by Gasteiger charge is -2.22. The predicted molar refractivity (Wildman–Crippen MR) is 70.3 cm³/mol. The molecule has 0 radical (unpaired) electrons. The van der Waals surface area contributed by atoms with Gasteiger partial charge in [-0.25, -0.2) is 9.97 Å². The van der Waals surface area contributed by atoms with Crippen molar-refractivity contribution in [2.45, 2.75) is 26.8 Å². The van der Waals surface area contributed by atoms with E-state index in [9.17, 15) is 0 Å². The Balaban J connectivity index is 2.64. The molecule has 1 aromatic heterocycles. The zero-order chi connectivity index (χ0) is 12.7.